The lowest BCUT2D eigenvalue weighted by Gasteiger charge is -2.12. The van der Waals surface area contributed by atoms with Crippen LogP contribution in [0.2, 0.25) is 0 Å². The zero-order valence-electron chi connectivity index (χ0n) is 12.2. The highest BCUT2D eigenvalue weighted by molar-refractivity contribution is 7.99. The number of rotatable bonds is 7. The molecule has 0 radical (unpaired) electrons. The van der Waals surface area contributed by atoms with Crippen molar-refractivity contribution in [1.29, 1.82) is 0 Å². The molecule has 3 N–H and O–H groups in total. The summed E-state index contributed by atoms with van der Waals surface area (Å²) in [6, 6.07) is 7.55. The SMILES string of the molecule is CCCn1c(SCC(N)c2cccc(OC)c2)n[nH]c1=O. The van der Waals surface area contributed by atoms with Crippen LogP contribution < -0.4 is 16.2 Å². The second-order valence-corrected chi connectivity index (χ2v) is 5.64. The standard InChI is InChI=1S/C14H20N4O2S/c1-3-7-18-13(19)16-17-14(18)21-9-12(15)10-5-4-6-11(8-10)20-2/h4-6,8,12H,3,7,9,15H2,1-2H3,(H,16,19). The molecule has 2 aromatic rings. The van der Waals surface area contributed by atoms with E-state index in [-0.39, 0.29) is 11.7 Å². The molecule has 0 amide bonds. The van der Waals surface area contributed by atoms with E-state index in [2.05, 4.69) is 10.2 Å². The van der Waals surface area contributed by atoms with Crippen LogP contribution in [0.15, 0.2) is 34.2 Å². The second kappa shape index (κ2) is 7.33. The lowest BCUT2D eigenvalue weighted by Crippen LogP contribution is -2.18. The summed E-state index contributed by atoms with van der Waals surface area (Å²) < 4.78 is 6.84. The van der Waals surface area contributed by atoms with Crippen LogP contribution in [0, 0.1) is 0 Å². The highest BCUT2D eigenvalue weighted by Gasteiger charge is 2.12. The number of thioether (sulfide) groups is 1. The Bertz CT molecular complexity index is 638. The first-order valence-corrected chi connectivity index (χ1v) is 7.81. The highest BCUT2D eigenvalue weighted by atomic mass is 32.2. The van der Waals surface area contributed by atoms with Crippen LogP contribution in [0.5, 0.6) is 5.75 Å². The molecule has 6 nitrogen and oxygen atoms in total. The summed E-state index contributed by atoms with van der Waals surface area (Å²) in [6.07, 6.45) is 0.884. The lowest BCUT2D eigenvalue weighted by atomic mass is 10.1. The summed E-state index contributed by atoms with van der Waals surface area (Å²) in [5.74, 6) is 1.43. The molecule has 114 valence electrons. The van der Waals surface area contributed by atoms with Crippen molar-refractivity contribution in [3.05, 3.63) is 40.3 Å². The first-order chi connectivity index (χ1) is 10.2. The minimum absolute atomic E-state index is 0.146. The fourth-order valence-electron chi connectivity index (χ4n) is 1.97. The number of aromatic nitrogens is 3. The van der Waals surface area contributed by atoms with Gasteiger partial charge in [0.25, 0.3) is 0 Å². The number of aromatic amines is 1. The van der Waals surface area contributed by atoms with E-state index in [0.29, 0.717) is 17.5 Å². The van der Waals surface area contributed by atoms with E-state index in [4.69, 9.17) is 10.5 Å². The van der Waals surface area contributed by atoms with Gasteiger partial charge in [-0.05, 0) is 24.1 Å². The third-order valence-electron chi connectivity index (χ3n) is 3.08. The first kappa shape index (κ1) is 15.7. The van der Waals surface area contributed by atoms with Gasteiger partial charge < -0.3 is 10.5 Å². The molecule has 1 atom stereocenters. The summed E-state index contributed by atoms with van der Waals surface area (Å²) in [5, 5.41) is 7.20. The minimum Gasteiger partial charge on any atom is -0.497 e. The van der Waals surface area contributed by atoms with Gasteiger partial charge in [0.2, 0.25) is 0 Å². The zero-order chi connectivity index (χ0) is 15.2. The van der Waals surface area contributed by atoms with Gasteiger partial charge in [-0.1, -0.05) is 30.8 Å². The molecule has 0 fully saturated rings. The van der Waals surface area contributed by atoms with Gasteiger partial charge in [0.15, 0.2) is 5.16 Å². The number of methoxy groups -OCH3 is 1. The van der Waals surface area contributed by atoms with Crippen LogP contribution in [0.25, 0.3) is 0 Å². The Labute approximate surface area is 127 Å². The fraction of sp³-hybridized carbons (Fsp3) is 0.429. The molecule has 0 aliphatic carbocycles. The van der Waals surface area contributed by atoms with Crippen LogP contribution in [0.3, 0.4) is 0 Å². The van der Waals surface area contributed by atoms with Gasteiger partial charge in [0, 0.05) is 18.3 Å². The molecule has 1 heterocycles. The maximum atomic E-state index is 11.6. The second-order valence-electron chi connectivity index (χ2n) is 4.66. The van der Waals surface area contributed by atoms with Gasteiger partial charge in [0.05, 0.1) is 7.11 Å². The van der Waals surface area contributed by atoms with Crippen LogP contribution >= 0.6 is 11.8 Å². The average Bonchev–Trinajstić information content (AvgIpc) is 2.86. The summed E-state index contributed by atoms with van der Waals surface area (Å²) in [5.41, 5.74) is 7.03. The molecule has 7 heteroatoms. The van der Waals surface area contributed by atoms with Crippen molar-refractivity contribution in [2.24, 2.45) is 5.73 Å². The predicted molar refractivity (Wildman–Crippen MR) is 83.8 cm³/mol. The molecule has 0 saturated heterocycles. The van der Waals surface area contributed by atoms with Gasteiger partial charge in [-0.3, -0.25) is 4.57 Å². The Balaban J connectivity index is 2.03. The Hall–Kier alpha value is -1.73. The Kier molecular flexibility index (Phi) is 5.46. The largest absolute Gasteiger partial charge is 0.497 e. The van der Waals surface area contributed by atoms with E-state index >= 15 is 0 Å². The molecule has 0 aliphatic rings. The lowest BCUT2D eigenvalue weighted by molar-refractivity contribution is 0.414. The smallest absolute Gasteiger partial charge is 0.343 e. The maximum Gasteiger partial charge on any atom is 0.343 e. The minimum atomic E-state index is -0.172. The van der Waals surface area contributed by atoms with Crippen molar-refractivity contribution >= 4 is 11.8 Å². The van der Waals surface area contributed by atoms with E-state index < -0.39 is 0 Å². The van der Waals surface area contributed by atoms with E-state index in [1.165, 1.54) is 11.8 Å². The van der Waals surface area contributed by atoms with Crippen LogP contribution in [-0.4, -0.2) is 27.6 Å². The Morgan fingerprint density at radius 3 is 3.05 bits per heavy atom. The predicted octanol–water partition coefficient (Wildman–Crippen LogP) is 1.78. The van der Waals surface area contributed by atoms with Crippen molar-refractivity contribution < 1.29 is 4.74 Å². The van der Waals surface area contributed by atoms with E-state index in [0.717, 1.165) is 17.7 Å². The average molecular weight is 308 g/mol. The van der Waals surface area contributed by atoms with Crippen LogP contribution in [0.4, 0.5) is 0 Å². The number of ether oxygens (including phenoxy) is 1. The van der Waals surface area contributed by atoms with Gasteiger partial charge in [0.1, 0.15) is 5.75 Å². The number of hydrogen-bond acceptors (Lipinski definition) is 5. The molecular weight excluding hydrogens is 288 g/mol. The first-order valence-electron chi connectivity index (χ1n) is 6.83. The summed E-state index contributed by atoms with van der Waals surface area (Å²) >= 11 is 1.48. The molecule has 1 unspecified atom stereocenters. The number of benzene rings is 1. The van der Waals surface area contributed by atoms with Crippen LogP contribution in [0.1, 0.15) is 24.9 Å². The van der Waals surface area contributed by atoms with Crippen LogP contribution in [-0.2, 0) is 6.54 Å². The van der Waals surface area contributed by atoms with E-state index in [9.17, 15) is 4.79 Å². The van der Waals surface area contributed by atoms with Gasteiger partial charge >= 0.3 is 5.69 Å². The van der Waals surface area contributed by atoms with Gasteiger partial charge in [-0.15, -0.1) is 5.10 Å². The van der Waals surface area contributed by atoms with Gasteiger partial charge in [-0.25, -0.2) is 9.89 Å². The molecule has 0 bridgehead atoms. The van der Waals surface area contributed by atoms with Crippen molar-refractivity contribution in [2.75, 3.05) is 12.9 Å². The number of nitrogens with zero attached hydrogens (tertiary/aromatic N) is 2. The third-order valence-corrected chi connectivity index (χ3v) is 4.18. The van der Waals surface area contributed by atoms with E-state index in [1.54, 1.807) is 11.7 Å². The van der Waals surface area contributed by atoms with Gasteiger partial charge in [-0.2, -0.15) is 0 Å². The summed E-state index contributed by atoms with van der Waals surface area (Å²) in [6.45, 7) is 2.68. The van der Waals surface area contributed by atoms with Crippen molar-refractivity contribution in [3.63, 3.8) is 0 Å². The Morgan fingerprint density at radius 2 is 2.33 bits per heavy atom. The van der Waals surface area contributed by atoms with Crippen molar-refractivity contribution in [1.82, 2.24) is 14.8 Å². The molecular formula is C14H20N4O2S. The number of nitrogens with one attached hydrogen (secondary N) is 1. The van der Waals surface area contributed by atoms with Crippen molar-refractivity contribution in [3.8, 4) is 5.75 Å². The molecule has 1 aromatic heterocycles. The zero-order valence-corrected chi connectivity index (χ0v) is 13.0. The van der Waals surface area contributed by atoms with Crippen molar-refractivity contribution in [2.45, 2.75) is 31.1 Å². The number of H-pyrrole nitrogens is 1. The quantitative estimate of drug-likeness (QED) is 0.762. The molecule has 21 heavy (non-hydrogen) atoms. The maximum absolute atomic E-state index is 11.6. The van der Waals surface area contributed by atoms with E-state index in [1.807, 2.05) is 31.2 Å². The molecule has 0 saturated carbocycles. The highest BCUT2D eigenvalue weighted by Crippen LogP contribution is 2.23. The topological polar surface area (TPSA) is 85.9 Å². The molecule has 1 aromatic carbocycles. The number of nitrogens with two attached hydrogens (primary N) is 1. The Morgan fingerprint density at radius 1 is 1.52 bits per heavy atom. The summed E-state index contributed by atoms with van der Waals surface area (Å²) in [7, 11) is 1.63. The number of hydrogen-bond donors (Lipinski definition) is 2. The fourth-order valence-corrected chi connectivity index (χ4v) is 2.93. The normalized spacial score (nSPS) is 12.3. The molecule has 0 spiro atoms. The summed E-state index contributed by atoms with van der Waals surface area (Å²) in [4.78, 5) is 11.6. The third kappa shape index (κ3) is 3.89. The molecule has 2 rings (SSSR count). The molecule has 0 aliphatic heterocycles. The monoisotopic (exact) mass is 308 g/mol.